The van der Waals surface area contributed by atoms with Gasteiger partial charge in [-0.2, -0.15) is 26.3 Å². The molecular weight excluding hydrogens is 548 g/mol. The fourth-order valence-electron chi connectivity index (χ4n) is 3.76. The van der Waals surface area contributed by atoms with E-state index in [4.69, 9.17) is 17.0 Å². The van der Waals surface area contributed by atoms with Gasteiger partial charge < -0.3 is 20.3 Å². The maximum Gasteiger partial charge on any atom is 0.416 e. The molecule has 2 N–H and O–H groups in total. The van der Waals surface area contributed by atoms with Gasteiger partial charge in [0, 0.05) is 24.0 Å². The number of ether oxygens (including phenoxy) is 1. The van der Waals surface area contributed by atoms with Crippen LogP contribution in [0.1, 0.15) is 53.9 Å². The molecule has 0 spiro atoms. The Bertz CT molecular complexity index is 1290. The van der Waals surface area contributed by atoms with E-state index in [1.165, 1.54) is 18.2 Å². The number of carbonyl (C=O) groups excluding carboxylic acids is 2. The van der Waals surface area contributed by atoms with Gasteiger partial charge in [-0.05, 0) is 61.0 Å². The van der Waals surface area contributed by atoms with E-state index in [1.54, 1.807) is 24.9 Å². The number of allylic oxidation sites excluding steroid dienone is 1. The second-order valence-corrected chi connectivity index (χ2v) is 9.69. The van der Waals surface area contributed by atoms with E-state index in [1.807, 2.05) is 13.8 Å². The van der Waals surface area contributed by atoms with Crippen molar-refractivity contribution in [2.24, 2.45) is 5.92 Å². The molecule has 0 radical (unpaired) electrons. The van der Waals surface area contributed by atoms with E-state index in [2.05, 4.69) is 10.6 Å². The lowest BCUT2D eigenvalue weighted by Crippen LogP contribution is -2.46. The summed E-state index contributed by atoms with van der Waals surface area (Å²) in [4.78, 5) is 27.3. The molecule has 1 amide bonds. The highest BCUT2D eigenvalue weighted by Gasteiger charge is 2.38. The summed E-state index contributed by atoms with van der Waals surface area (Å²) in [6, 6.07) is 5.81. The van der Waals surface area contributed by atoms with E-state index in [0.29, 0.717) is 28.5 Å². The molecule has 1 aliphatic heterocycles. The Kier molecular flexibility index (Phi) is 8.63. The van der Waals surface area contributed by atoms with Crippen molar-refractivity contribution >= 4 is 34.9 Å². The quantitative estimate of drug-likeness (QED) is 0.240. The molecule has 1 unspecified atom stereocenters. The summed E-state index contributed by atoms with van der Waals surface area (Å²) >= 11 is 5.35. The van der Waals surface area contributed by atoms with Crippen LogP contribution in [0.5, 0.6) is 0 Å². The van der Waals surface area contributed by atoms with E-state index in [-0.39, 0.29) is 29.9 Å². The number of rotatable bonds is 6. The number of nitrogens with one attached hydrogen (secondary N) is 2. The minimum absolute atomic E-state index is 0.0549. The summed E-state index contributed by atoms with van der Waals surface area (Å²) < 4.78 is 84.7. The molecule has 13 heteroatoms. The number of thiocarbonyl (C=S) groups is 1. The lowest BCUT2D eigenvalue weighted by Gasteiger charge is -2.35. The van der Waals surface area contributed by atoms with E-state index in [0.717, 1.165) is 0 Å². The number of esters is 1. The van der Waals surface area contributed by atoms with Gasteiger partial charge in [0.2, 0.25) is 0 Å². The molecule has 0 aliphatic carbocycles. The van der Waals surface area contributed by atoms with Crippen molar-refractivity contribution < 1.29 is 40.7 Å². The number of hydrogen-bond donors (Lipinski definition) is 2. The molecule has 2 aromatic rings. The molecule has 39 heavy (non-hydrogen) atoms. The Balaban J connectivity index is 1.96. The molecule has 0 saturated carbocycles. The minimum Gasteiger partial charge on any atom is -0.462 e. The normalized spacial score (nSPS) is 16.3. The Labute approximate surface area is 226 Å². The summed E-state index contributed by atoms with van der Waals surface area (Å²) in [5.74, 6) is -1.69. The summed E-state index contributed by atoms with van der Waals surface area (Å²) in [7, 11) is 1.66. The largest absolute Gasteiger partial charge is 0.462 e. The smallest absolute Gasteiger partial charge is 0.416 e. The van der Waals surface area contributed by atoms with Gasteiger partial charge in [-0.1, -0.05) is 26.0 Å². The maximum absolute atomic E-state index is 13.2. The average molecular weight is 574 g/mol. The van der Waals surface area contributed by atoms with Crippen LogP contribution in [0.25, 0.3) is 0 Å². The van der Waals surface area contributed by atoms with Crippen LogP contribution in [0.2, 0.25) is 0 Å². The number of nitrogens with zero attached hydrogens (tertiary/aromatic N) is 1. The third kappa shape index (κ3) is 7.08. The molecule has 210 valence electrons. The fraction of sp³-hybridized carbons (Fsp3) is 0.346. The molecule has 1 aliphatic rings. The fourth-order valence-corrected chi connectivity index (χ4v) is 4.01. The predicted octanol–water partition coefficient (Wildman–Crippen LogP) is 6.31. The second-order valence-electron chi connectivity index (χ2n) is 9.31. The lowest BCUT2D eigenvalue weighted by atomic mass is 9.94. The van der Waals surface area contributed by atoms with Crippen molar-refractivity contribution in [3.8, 4) is 0 Å². The average Bonchev–Trinajstić information content (AvgIpc) is 2.84. The van der Waals surface area contributed by atoms with Crippen LogP contribution < -0.4 is 10.6 Å². The molecule has 0 bridgehead atoms. The van der Waals surface area contributed by atoms with Crippen molar-refractivity contribution in [3.63, 3.8) is 0 Å². The first kappa shape index (κ1) is 29.9. The van der Waals surface area contributed by atoms with Gasteiger partial charge in [-0.15, -0.1) is 0 Å². The summed E-state index contributed by atoms with van der Waals surface area (Å²) in [5, 5.41) is 5.66. The standard InChI is InChI=1S/C26H25F6N3O3S/c1-13(2)12-38-23(37)20-14(3)35(4)24(39)34-21(20)15-6-5-7-19(10-15)33-22(36)16-8-17(25(27,28)29)11-18(9-16)26(30,31)32/h5-11,13,21H,12H2,1-4H3,(H,33,36)(H,34,39). The van der Waals surface area contributed by atoms with Gasteiger partial charge in [0.15, 0.2) is 5.11 Å². The van der Waals surface area contributed by atoms with Crippen molar-refractivity contribution in [3.05, 3.63) is 76.0 Å². The molecule has 0 fully saturated rings. The van der Waals surface area contributed by atoms with Crippen LogP contribution in [0.4, 0.5) is 32.0 Å². The molecule has 0 saturated heterocycles. The maximum atomic E-state index is 13.2. The number of benzene rings is 2. The van der Waals surface area contributed by atoms with Crippen LogP contribution in [-0.4, -0.2) is 35.5 Å². The highest BCUT2D eigenvalue weighted by Crippen LogP contribution is 2.37. The van der Waals surface area contributed by atoms with Crippen molar-refractivity contribution in [2.45, 2.75) is 39.2 Å². The predicted molar refractivity (Wildman–Crippen MR) is 136 cm³/mol. The Morgan fingerprint density at radius 3 is 2.18 bits per heavy atom. The molecule has 3 rings (SSSR count). The van der Waals surface area contributed by atoms with Gasteiger partial charge in [0.1, 0.15) is 0 Å². The lowest BCUT2D eigenvalue weighted by molar-refractivity contribution is -0.143. The van der Waals surface area contributed by atoms with Gasteiger partial charge in [-0.25, -0.2) is 4.79 Å². The highest BCUT2D eigenvalue weighted by molar-refractivity contribution is 7.80. The van der Waals surface area contributed by atoms with E-state index >= 15 is 0 Å². The van der Waals surface area contributed by atoms with Crippen molar-refractivity contribution in [1.82, 2.24) is 10.2 Å². The zero-order valence-corrected chi connectivity index (χ0v) is 22.1. The van der Waals surface area contributed by atoms with Gasteiger partial charge >= 0.3 is 18.3 Å². The second kappa shape index (κ2) is 11.2. The SMILES string of the molecule is CC1=C(C(=O)OCC(C)C)C(c2cccc(NC(=O)c3cc(C(F)(F)F)cc(C(F)(F)F)c3)c2)NC(=S)N1C. The van der Waals surface area contributed by atoms with E-state index < -0.39 is 47.0 Å². The molecule has 2 aromatic carbocycles. The molecule has 6 nitrogen and oxygen atoms in total. The summed E-state index contributed by atoms with van der Waals surface area (Å²) in [5.41, 5.74) is -2.74. The van der Waals surface area contributed by atoms with Gasteiger partial charge in [0.25, 0.3) is 5.91 Å². The first-order valence-corrected chi connectivity index (χ1v) is 12.0. The topological polar surface area (TPSA) is 70.7 Å². The van der Waals surface area contributed by atoms with Crippen LogP contribution >= 0.6 is 12.2 Å². The van der Waals surface area contributed by atoms with Crippen LogP contribution in [0.3, 0.4) is 0 Å². The number of hydrogen-bond acceptors (Lipinski definition) is 4. The van der Waals surface area contributed by atoms with Crippen molar-refractivity contribution in [1.29, 1.82) is 0 Å². The summed E-state index contributed by atoms with van der Waals surface area (Å²) in [6.07, 6.45) is -10.2. The number of amides is 1. The molecular formula is C26H25F6N3O3S. The zero-order chi connectivity index (χ0) is 29.3. The van der Waals surface area contributed by atoms with Crippen LogP contribution in [-0.2, 0) is 21.9 Å². The van der Waals surface area contributed by atoms with Gasteiger partial charge in [-0.3, -0.25) is 4.79 Å². The third-order valence-electron chi connectivity index (χ3n) is 5.85. The number of carbonyl (C=O) groups is 2. The van der Waals surface area contributed by atoms with Crippen LogP contribution in [0.15, 0.2) is 53.7 Å². The number of halogens is 6. The van der Waals surface area contributed by atoms with Crippen LogP contribution in [0, 0.1) is 5.92 Å². The molecule has 0 aromatic heterocycles. The molecule has 1 heterocycles. The third-order valence-corrected chi connectivity index (χ3v) is 6.24. The summed E-state index contributed by atoms with van der Waals surface area (Å²) in [6.45, 7) is 5.61. The Morgan fingerprint density at radius 2 is 1.64 bits per heavy atom. The van der Waals surface area contributed by atoms with E-state index in [9.17, 15) is 35.9 Å². The first-order valence-electron chi connectivity index (χ1n) is 11.6. The first-order chi connectivity index (χ1) is 18.0. The molecule has 1 atom stereocenters. The number of anilines is 1. The zero-order valence-electron chi connectivity index (χ0n) is 21.3. The van der Waals surface area contributed by atoms with Crippen molar-refractivity contribution in [2.75, 3.05) is 19.0 Å². The Hall–Kier alpha value is -3.61. The van der Waals surface area contributed by atoms with Gasteiger partial charge in [0.05, 0.1) is 29.3 Å². The minimum atomic E-state index is -5.10. The Morgan fingerprint density at radius 1 is 1.05 bits per heavy atom. The monoisotopic (exact) mass is 573 g/mol. The highest BCUT2D eigenvalue weighted by atomic mass is 32.1. The number of alkyl halides is 6.